The van der Waals surface area contributed by atoms with Crippen molar-refractivity contribution in [3.8, 4) is 5.75 Å². The molecule has 4 nitrogen and oxygen atoms in total. The summed E-state index contributed by atoms with van der Waals surface area (Å²) in [6.45, 7) is 4.66. The quantitative estimate of drug-likeness (QED) is 0.192. The minimum Gasteiger partial charge on any atom is -0.494 e. The van der Waals surface area contributed by atoms with Gasteiger partial charge in [0.2, 0.25) is 5.91 Å². The number of fused-ring (bicyclic) bond motifs is 1. The van der Waals surface area contributed by atoms with Gasteiger partial charge in [-0.15, -0.1) is 11.8 Å². The van der Waals surface area contributed by atoms with Crippen LogP contribution in [0.15, 0.2) is 71.6 Å². The first kappa shape index (κ1) is 23.3. The van der Waals surface area contributed by atoms with Crippen molar-refractivity contribution < 1.29 is 9.53 Å². The van der Waals surface area contributed by atoms with E-state index in [1.807, 2.05) is 47.4 Å². The fraction of sp³-hybridized carbons (Fsp3) is 0.259. The van der Waals surface area contributed by atoms with E-state index in [1.54, 1.807) is 30.2 Å². The second-order valence-corrected chi connectivity index (χ2v) is 10.1. The zero-order chi connectivity index (χ0) is 23.2. The Hall–Kier alpha value is -2.83. The molecule has 170 valence electrons. The van der Waals surface area contributed by atoms with E-state index in [2.05, 4.69) is 38.1 Å². The molecule has 0 bridgehead atoms. The Morgan fingerprint density at radius 3 is 2.52 bits per heavy atom. The molecule has 0 fully saturated rings. The van der Waals surface area contributed by atoms with Crippen LogP contribution in [0.5, 0.6) is 5.75 Å². The summed E-state index contributed by atoms with van der Waals surface area (Å²) in [5, 5.41) is 0.720. The standard InChI is InChI=1S/C27H28N2O2S2/c1-19-11-14-22(15-12-19)32-17-7-10-24(30)29(18-21-8-5-4-6-9-21)27-28-25-23(31-3)16-13-20(2)26(25)33-27/h4-6,8-9,11-16H,7,10,17-18H2,1-3H3. The van der Waals surface area contributed by atoms with Gasteiger partial charge < -0.3 is 4.74 Å². The number of thioether (sulfide) groups is 1. The molecule has 0 radical (unpaired) electrons. The zero-order valence-corrected chi connectivity index (χ0v) is 20.8. The number of methoxy groups -OCH3 is 1. The highest BCUT2D eigenvalue weighted by molar-refractivity contribution is 7.99. The number of carbonyl (C=O) groups is 1. The summed E-state index contributed by atoms with van der Waals surface area (Å²) in [6, 6.07) is 22.6. The highest BCUT2D eigenvalue weighted by atomic mass is 32.2. The van der Waals surface area contributed by atoms with Crippen LogP contribution in [0.25, 0.3) is 10.2 Å². The van der Waals surface area contributed by atoms with Crippen LogP contribution < -0.4 is 9.64 Å². The van der Waals surface area contributed by atoms with Gasteiger partial charge in [0.1, 0.15) is 11.3 Å². The number of hydrogen-bond donors (Lipinski definition) is 0. The molecule has 0 spiro atoms. The molecule has 6 heteroatoms. The lowest BCUT2D eigenvalue weighted by molar-refractivity contribution is -0.118. The normalized spacial score (nSPS) is 11.0. The Bertz CT molecular complexity index is 1220. The van der Waals surface area contributed by atoms with Gasteiger partial charge in [-0.25, -0.2) is 4.98 Å². The molecule has 1 aromatic heterocycles. The fourth-order valence-electron chi connectivity index (χ4n) is 3.59. The summed E-state index contributed by atoms with van der Waals surface area (Å²) in [5.41, 5.74) is 4.30. The smallest absolute Gasteiger partial charge is 0.229 e. The minimum absolute atomic E-state index is 0.0963. The van der Waals surface area contributed by atoms with E-state index in [0.29, 0.717) is 13.0 Å². The van der Waals surface area contributed by atoms with Crippen molar-refractivity contribution in [1.82, 2.24) is 4.98 Å². The first-order chi connectivity index (χ1) is 16.0. The van der Waals surface area contributed by atoms with E-state index in [4.69, 9.17) is 9.72 Å². The number of aromatic nitrogens is 1. The molecule has 1 heterocycles. The van der Waals surface area contributed by atoms with Crippen molar-refractivity contribution in [2.24, 2.45) is 0 Å². The number of aryl methyl sites for hydroxylation is 2. The topological polar surface area (TPSA) is 42.4 Å². The molecule has 0 unspecified atom stereocenters. The molecular weight excluding hydrogens is 448 g/mol. The minimum atomic E-state index is 0.0963. The van der Waals surface area contributed by atoms with E-state index >= 15 is 0 Å². The van der Waals surface area contributed by atoms with Crippen LogP contribution in [0, 0.1) is 13.8 Å². The van der Waals surface area contributed by atoms with E-state index in [-0.39, 0.29) is 5.91 Å². The molecule has 0 aliphatic rings. The molecule has 1 amide bonds. The maximum Gasteiger partial charge on any atom is 0.229 e. The van der Waals surface area contributed by atoms with E-state index in [0.717, 1.165) is 44.4 Å². The number of carbonyl (C=O) groups excluding carboxylic acids is 1. The van der Waals surface area contributed by atoms with Gasteiger partial charge in [-0.1, -0.05) is 65.4 Å². The van der Waals surface area contributed by atoms with Crippen LogP contribution in [-0.4, -0.2) is 23.8 Å². The second kappa shape index (κ2) is 10.9. The lowest BCUT2D eigenvalue weighted by Crippen LogP contribution is -2.30. The third-order valence-electron chi connectivity index (χ3n) is 5.45. The molecule has 0 aliphatic carbocycles. The predicted octanol–water partition coefficient (Wildman–Crippen LogP) is 7.03. The van der Waals surface area contributed by atoms with Crippen LogP contribution in [0.2, 0.25) is 0 Å². The lowest BCUT2D eigenvalue weighted by Gasteiger charge is -2.20. The Kier molecular flexibility index (Phi) is 7.68. The van der Waals surface area contributed by atoms with Crippen molar-refractivity contribution in [3.05, 3.63) is 83.4 Å². The molecule has 0 atom stereocenters. The van der Waals surface area contributed by atoms with Gasteiger partial charge in [0.15, 0.2) is 5.13 Å². The average Bonchev–Trinajstić information content (AvgIpc) is 3.28. The summed E-state index contributed by atoms with van der Waals surface area (Å²) >= 11 is 3.35. The summed E-state index contributed by atoms with van der Waals surface area (Å²) < 4.78 is 6.58. The van der Waals surface area contributed by atoms with E-state index in [1.165, 1.54) is 10.5 Å². The molecular formula is C27H28N2O2S2. The summed E-state index contributed by atoms with van der Waals surface area (Å²) in [5.74, 6) is 1.74. The van der Waals surface area contributed by atoms with Crippen LogP contribution in [0.4, 0.5) is 5.13 Å². The SMILES string of the molecule is COc1ccc(C)c2sc(N(Cc3ccccc3)C(=O)CCCSc3ccc(C)cc3)nc12. The van der Waals surface area contributed by atoms with Crippen molar-refractivity contribution in [1.29, 1.82) is 0 Å². The fourth-order valence-corrected chi connectivity index (χ4v) is 5.51. The van der Waals surface area contributed by atoms with Crippen molar-refractivity contribution in [2.75, 3.05) is 17.8 Å². The number of anilines is 1. The number of rotatable bonds is 9. The van der Waals surface area contributed by atoms with Crippen molar-refractivity contribution >= 4 is 44.4 Å². The van der Waals surface area contributed by atoms with Gasteiger partial charge in [-0.3, -0.25) is 9.69 Å². The number of thiazole rings is 1. The number of nitrogens with zero attached hydrogens (tertiary/aromatic N) is 2. The van der Waals surface area contributed by atoms with Gasteiger partial charge in [0.25, 0.3) is 0 Å². The van der Waals surface area contributed by atoms with Crippen LogP contribution >= 0.6 is 23.1 Å². The van der Waals surface area contributed by atoms with Gasteiger partial charge in [0, 0.05) is 11.3 Å². The van der Waals surface area contributed by atoms with Gasteiger partial charge in [-0.05, 0) is 55.3 Å². The molecule has 4 aromatic rings. The number of hydrogen-bond acceptors (Lipinski definition) is 5. The molecule has 0 N–H and O–H groups in total. The number of ether oxygens (including phenoxy) is 1. The third-order valence-corrected chi connectivity index (χ3v) is 7.76. The van der Waals surface area contributed by atoms with Crippen LogP contribution in [-0.2, 0) is 11.3 Å². The first-order valence-corrected chi connectivity index (χ1v) is 12.8. The zero-order valence-electron chi connectivity index (χ0n) is 19.2. The second-order valence-electron chi connectivity index (χ2n) is 7.99. The summed E-state index contributed by atoms with van der Waals surface area (Å²) in [4.78, 5) is 21.3. The number of amides is 1. The third kappa shape index (κ3) is 5.75. The summed E-state index contributed by atoms with van der Waals surface area (Å²) in [6.07, 6.45) is 1.30. The average molecular weight is 477 g/mol. The van der Waals surface area contributed by atoms with Crippen molar-refractivity contribution in [3.63, 3.8) is 0 Å². The van der Waals surface area contributed by atoms with E-state index < -0.39 is 0 Å². The Morgan fingerprint density at radius 1 is 1.03 bits per heavy atom. The Labute approximate surface area is 203 Å². The largest absolute Gasteiger partial charge is 0.494 e. The highest BCUT2D eigenvalue weighted by Crippen LogP contribution is 2.37. The van der Waals surface area contributed by atoms with Gasteiger partial charge >= 0.3 is 0 Å². The Balaban J connectivity index is 1.52. The van der Waals surface area contributed by atoms with Gasteiger partial charge in [0.05, 0.1) is 18.4 Å². The summed E-state index contributed by atoms with van der Waals surface area (Å²) in [7, 11) is 1.65. The molecule has 4 rings (SSSR count). The molecule has 0 saturated heterocycles. The molecule has 0 saturated carbocycles. The van der Waals surface area contributed by atoms with Crippen LogP contribution in [0.1, 0.15) is 29.5 Å². The van der Waals surface area contributed by atoms with Crippen molar-refractivity contribution in [2.45, 2.75) is 38.1 Å². The first-order valence-electron chi connectivity index (χ1n) is 11.0. The van der Waals surface area contributed by atoms with E-state index in [9.17, 15) is 4.79 Å². The Morgan fingerprint density at radius 2 is 1.79 bits per heavy atom. The lowest BCUT2D eigenvalue weighted by atomic mass is 10.2. The highest BCUT2D eigenvalue weighted by Gasteiger charge is 2.22. The molecule has 3 aromatic carbocycles. The van der Waals surface area contributed by atoms with Crippen LogP contribution in [0.3, 0.4) is 0 Å². The maximum absolute atomic E-state index is 13.4. The monoisotopic (exact) mass is 476 g/mol. The predicted molar refractivity (Wildman–Crippen MR) is 140 cm³/mol. The molecule has 33 heavy (non-hydrogen) atoms. The maximum atomic E-state index is 13.4. The van der Waals surface area contributed by atoms with Gasteiger partial charge in [-0.2, -0.15) is 0 Å². The molecule has 0 aliphatic heterocycles. The number of benzene rings is 3.